The summed E-state index contributed by atoms with van der Waals surface area (Å²) in [5, 5.41) is 1.02. The number of ether oxygens (including phenoxy) is 2. The van der Waals surface area contributed by atoms with Gasteiger partial charge in [-0.25, -0.2) is 9.59 Å². The second-order valence-corrected chi connectivity index (χ2v) is 10.2. The van der Waals surface area contributed by atoms with E-state index in [1.807, 2.05) is 56.0 Å². The highest BCUT2D eigenvalue weighted by atomic mass is 16.6. The summed E-state index contributed by atoms with van der Waals surface area (Å²) in [7, 11) is 3.50. The number of hydrogen-bond acceptors (Lipinski definition) is 5. The second kappa shape index (κ2) is 10.1. The fourth-order valence-electron chi connectivity index (χ4n) is 4.68. The van der Waals surface area contributed by atoms with E-state index >= 15 is 0 Å². The molecule has 1 unspecified atom stereocenters. The van der Waals surface area contributed by atoms with Crippen LogP contribution in [-0.2, 0) is 16.0 Å². The Morgan fingerprint density at radius 3 is 2.54 bits per heavy atom. The van der Waals surface area contributed by atoms with Gasteiger partial charge >= 0.3 is 12.1 Å². The van der Waals surface area contributed by atoms with Gasteiger partial charge < -0.3 is 18.9 Å². The molecule has 1 aromatic heterocycles. The van der Waals surface area contributed by atoms with Crippen LogP contribution in [0.15, 0.2) is 54.7 Å². The van der Waals surface area contributed by atoms with Gasteiger partial charge in [-0.1, -0.05) is 18.2 Å². The molecule has 1 atom stereocenters. The first kappa shape index (κ1) is 24.8. The molecule has 1 fully saturated rings. The van der Waals surface area contributed by atoms with Crippen molar-refractivity contribution in [2.75, 3.05) is 27.2 Å². The van der Waals surface area contributed by atoms with E-state index in [0.29, 0.717) is 18.7 Å². The summed E-state index contributed by atoms with van der Waals surface area (Å²) in [4.78, 5) is 29.0. The summed E-state index contributed by atoms with van der Waals surface area (Å²) in [6, 6.07) is 16.1. The normalized spacial score (nSPS) is 16.5. The van der Waals surface area contributed by atoms with Gasteiger partial charge in [0.1, 0.15) is 5.60 Å². The van der Waals surface area contributed by atoms with Crippen LogP contribution in [0.5, 0.6) is 0 Å². The molecule has 1 amide bonds. The maximum Gasteiger partial charge on any atom is 0.410 e. The molecule has 0 aliphatic carbocycles. The lowest BCUT2D eigenvalue weighted by Gasteiger charge is -2.38. The highest BCUT2D eigenvalue weighted by Gasteiger charge is 2.30. The first-order chi connectivity index (χ1) is 16.7. The number of esters is 1. The second-order valence-electron chi connectivity index (χ2n) is 10.2. The number of likely N-dealkylation sites (N-methyl/N-ethyl adjacent to an activating group) is 1. The molecule has 1 aliphatic heterocycles. The molecular formula is C28H35N3O4. The number of fused-ring (bicyclic) bond motifs is 1. The third-order valence-corrected chi connectivity index (χ3v) is 6.43. The molecule has 7 nitrogen and oxygen atoms in total. The number of carbonyl (C=O) groups excluding carboxylic acids is 2. The molecule has 0 N–H and O–H groups in total. The van der Waals surface area contributed by atoms with Crippen LogP contribution in [0, 0.1) is 0 Å². The van der Waals surface area contributed by atoms with Crippen molar-refractivity contribution in [3.63, 3.8) is 0 Å². The summed E-state index contributed by atoms with van der Waals surface area (Å²) in [5.41, 5.74) is 3.24. The zero-order valence-electron chi connectivity index (χ0n) is 21.3. The molecule has 0 radical (unpaired) electrons. The number of likely N-dealkylation sites (tertiary alicyclic amines) is 1. The number of hydrogen-bond donors (Lipinski definition) is 0. The number of benzene rings is 2. The summed E-state index contributed by atoms with van der Waals surface area (Å²) >= 11 is 0. The minimum atomic E-state index is -0.507. The van der Waals surface area contributed by atoms with Crippen molar-refractivity contribution in [1.29, 1.82) is 0 Å². The zero-order chi connectivity index (χ0) is 25.2. The van der Waals surface area contributed by atoms with Gasteiger partial charge in [0, 0.05) is 42.9 Å². The fraction of sp³-hybridized carbons (Fsp3) is 0.429. The maximum atomic E-state index is 12.6. The number of aromatic nitrogens is 1. The van der Waals surface area contributed by atoms with E-state index in [4.69, 9.17) is 9.47 Å². The molecule has 7 heteroatoms. The van der Waals surface area contributed by atoms with Gasteiger partial charge in [0.25, 0.3) is 0 Å². The first-order valence-electron chi connectivity index (χ1n) is 12.1. The van der Waals surface area contributed by atoms with Crippen molar-refractivity contribution in [3.05, 3.63) is 65.9 Å². The number of piperidine rings is 1. The Hall–Kier alpha value is -3.32. The van der Waals surface area contributed by atoms with Gasteiger partial charge in [0.2, 0.25) is 0 Å². The molecule has 2 heterocycles. The molecule has 1 aliphatic rings. The number of carbonyl (C=O) groups is 2. The quantitative estimate of drug-likeness (QED) is 0.470. The fourth-order valence-corrected chi connectivity index (χ4v) is 4.68. The minimum Gasteiger partial charge on any atom is -0.465 e. The van der Waals surface area contributed by atoms with Gasteiger partial charge in [-0.15, -0.1) is 0 Å². The Morgan fingerprint density at radius 2 is 1.86 bits per heavy atom. The standard InChI is InChI=1S/C28H35N3O4/c1-28(2,3)35-27(33)30-15-9-12-23(19-30)29(4)17-21-18-31(22-10-7-6-8-11-22)25-14-13-20(16-24(21)25)26(32)34-5/h6-8,10-11,13-14,16,18,23H,9,12,15,17,19H2,1-5H3. The highest BCUT2D eigenvalue weighted by Crippen LogP contribution is 2.29. The molecular weight excluding hydrogens is 442 g/mol. The zero-order valence-corrected chi connectivity index (χ0v) is 21.3. The van der Waals surface area contributed by atoms with Gasteiger partial charge in [-0.3, -0.25) is 4.90 Å². The Bertz CT molecular complexity index is 1200. The van der Waals surface area contributed by atoms with Crippen LogP contribution >= 0.6 is 0 Å². The molecule has 4 rings (SSSR count). The average Bonchev–Trinajstić information content (AvgIpc) is 3.20. The maximum absolute atomic E-state index is 12.6. The van der Waals surface area contributed by atoms with E-state index in [-0.39, 0.29) is 18.1 Å². The molecule has 3 aromatic rings. The largest absolute Gasteiger partial charge is 0.465 e. The van der Waals surface area contributed by atoms with E-state index in [9.17, 15) is 9.59 Å². The number of para-hydroxylation sites is 1. The van der Waals surface area contributed by atoms with Crippen molar-refractivity contribution in [2.45, 2.75) is 51.8 Å². The molecule has 186 valence electrons. The van der Waals surface area contributed by atoms with E-state index < -0.39 is 5.60 Å². The lowest BCUT2D eigenvalue weighted by Crippen LogP contribution is -2.49. The van der Waals surface area contributed by atoms with Gasteiger partial charge in [0.15, 0.2) is 0 Å². The van der Waals surface area contributed by atoms with Crippen molar-refractivity contribution in [3.8, 4) is 5.69 Å². The van der Waals surface area contributed by atoms with Crippen LogP contribution in [0.25, 0.3) is 16.6 Å². The third-order valence-electron chi connectivity index (χ3n) is 6.43. The predicted molar refractivity (Wildman–Crippen MR) is 137 cm³/mol. The summed E-state index contributed by atoms with van der Waals surface area (Å²) in [6.07, 6.45) is 3.85. The SMILES string of the molecule is COC(=O)c1ccc2c(c1)c(CN(C)C1CCCN(C(=O)OC(C)(C)C)C1)cn2-c1ccccc1. The van der Waals surface area contributed by atoms with E-state index in [2.05, 4.69) is 34.8 Å². The van der Waals surface area contributed by atoms with Gasteiger partial charge in [0.05, 0.1) is 18.2 Å². The van der Waals surface area contributed by atoms with Crippen LogP contribution in [0.1, 0.15) is 49.5 Å². The number of amides is 1. The van der Waals surface area contributed by atoms with Crippen molar-refractivity contribution in [1.82, 2.24) is 14.4 Å². The van der Waals surface area contributed by atoms with E-state index in [0.717, 1.165) is 41.5 Å². The molecule has 0 spiro atoms. The molecule has 2 aromatic carbocycles. The lowest BCUT2D eigenvalue weighted by atomic mass is 10.0. The predicted octanol–water partition coefficient (Wildman–Crippen LogP) is 5.25. The Kier molecular flexibility index (Phi) is 7.17. The van der Waals surface area contributed by atoms with Crippen LogP contribution < -0.4 is 0 Å². The number of rotatable bonds is 5. The minimum absolute atomic E-state index is 0.218. The van der Waals surface area contributed by atoms with Crippen LogP contribution in [0.4, 0.5) is 4.79 Å². The van der Waals surface area contributed by atoms with Gasteiger partial charge in [-0.05, 0) is 76.6 Å². The molecule has 0 bridgehead atoms. The van der Waals surface area contributed by atoms with Crippen molar-refractivity contribution in [2.24, 2.45) is 0 Å². The van der Waals surface area contributed by atoms with E-state index in [1.54, 1.807) is 6.07 Å². The number of nitrogens with zero attached hydrogens (tertiary/aromatic N) is 3. The van der Waals surface area contributed by atoms with E-state index in [1.165, 1.54) is 7.11 Å². The van der Waals surface area contributed by atoms with Gasteiger partial charge in [-0.2, -0.15) is 0 Å². The molecule has 0 saturated carbocycles. The monoisotopic (exact) mass is 477 g/mol. The van der Waals surface area contributed by atoms with Crippen LogP contribution in [0.2, 0.25) is 0 Å². The lowest BCUT2D eigenvalue weighted by molar-refractivity contribution is 0.0121. The molecule has 35 heavy (non-hydrogen) atoms. The van der Waals surface area contributed by atoms with Crippen molar-refractivity contribution < 1.29 is 19.1 Å². The van der Waals surface area contributed by atoms with Crippen molar-refractivity contribution >= 4 is 23.0 Å². The Labute approximate surface area is 207 Å². The topological polar surface area (TPSA) is 64.0 Å². The average molecular weight is 478 g/mol. The smallest absolute Gasteiger partial charge is 0.410 e. The van der Waals surface area contributed by atoms with Crippen LogP contribution in [0.3, 0.4) is 0 Å². The summed E-state index contributed by atoms with van der Waals surface area (Å²) < 4.78 is 12.7. The summed E-state index contributed by atoms with van der Waals surface area (Å²) in [6.45, 7) is 7.72. The summed E-state index contributed by atoms with van der Waals surface area (Å²) in [5.74, 6) is -0.348. The van der Waals surface area contributed by atoms with Crippen LogP contribution in [-0.4, -0.2) is 65.3 Å². The first-order valence-corrected chi connectivity index (χ1v) is 12.1. The Balaban J connectivity index is 1.61. The Morgan fingerprint density at radius 1 is 1.11 bits per heavy atom. The molecule has 1 saturated heterocycles. The highest BCUT2D eigenvalue weighted by molar-refractivity contribution is 5.96. The number of methoxy groups -OCH3 is 1. The third kappa shape index (κ3) is 5.68.